The summed E-state index contributed by atoms with van der Waals surface area (Å²) < 4.78 is 0. The van der Waals surface area contributed by atoms with Crippen LogP contribution in [0.4, 0.5) is 5.69 Å². The molecule has 7 heteroatoms. The lowest BCUT2D eigenvalue weighted by Gasteiger charge is -2.09. The van der Waals surface area contributed by atoms with Gasteiger partial charge in [0, 0.05) is 49.3 Å². The molecule has 0 radical (unpaired) electrons. The molecule has 4 heterocycles. The van der Waals surface area contributed by atoms with Gasteiger partial charge < -0.3 is 10.3 Å². The van der Waals surface area contributed by atoms with Crippen molar-refractivity contribution < 1.29 is 4.79 Å². The number of carbonyl (C=O) groups excluding carboxylic acids is 1. The number of hydrogen-bond acceptors (Lipinski definition) is 4. The number of benzene rings is 2. The van der Waals surface area contributed by atoms with E-state index in [0.29, 0.717) is 5.69 Å². The van der Waals surface area contributed by atoms with E-state index in [1.54, 1.807) is 17.5 Å². The van der Waals surface area contributed by atoms with Crippen molar-refractivity contribution in [2.24, 2.45) is 5.92 Å². The number of anilines is 1. The second-order valence-electron chi connectivity index (χ2n) is 9.30. The lowest BCUT2D eigenvalue weighted by Crippen LogP contribution is -2.17. The van der Waals surface area contributed by atoms with Crippen molar-refractivity contribution in [1.29, 1.82) is 0 Å². The number of amides is 1. The summed E-state index contributed by atoms with van der Waals surface area (Å²) in [5.41, 5.74) is 7.71. The minimum absolute atomic E-state index is 0.0302. The number of aromatic nitrogens is 4. The zero-order valence-corrected chi connectivity index (χ0v) is 21.0. The first kappa shape index (κ1) is 22.2. The Labute approximate surface area is 212 Å². The van der Waals surface area contributed by atoms with E-state index in [1.807, 2.05) is 38.2 Å². The van der Waals surface area contributed by atoms with Gasteiger partial charge in [0.05, 0.1) is 23.1 Å². The highest BCUT2D eigenvalue weighted by Crippen LogP contribution is 2.37. The van der Waals surface area contributed by atoms with Crippen molar-refractivity contribution in [2.45, 2.75) is 20.8 Å². The van der Waals surface area contributed by atoms with Gasteiger partial charge in [-0.15, -0.1) is 11.3 Å². The van der Waals surface area contributed by atoms with Gasteiger partial charge in [-0.2, -0.15) is 5.10 Å². The maximum Gasteiger partial charge on any atom is 0.226 e. The molecule has 1 amide bonds. The van der Waals surface area contributed by atoms with Gasteiger partial charge in [-0.1, -0.05) is 32.0 Å². The van der Waals surface area contributed by atoms with E-state index in [4.69, 9.17) is 0 Å². The van der Waals surface area contributed by atoms with Crippen molar-refractivity contribution >= 4 is 44.7 Å². The molecule has 0 bridgehead atoms. The lowest BCUT2D eigenvalue weighted by molar-refractivity contribution is -0.118. The molecule has 4 aromatic heterocycles. The van der Waals surface area contributed by atoms with Crippen LogP contribution in [-0.2, 0) is 4.79 Å². The van der Waals surface area contributed by atoms with Crippen LogP contribution < -0.4 is 5.32 Å². The molecule has 6 rings (SSSR count). The third-order valence-electron chi connectivity index (χ3n) is 6.35. The molecule has 0 atom stereocenters. The highest BCUT2D eigenvalue weighted by molar-refractivity contribution is 7.15. The van der Waals surface area contributed by atoms with Gasteiger partial charge in [-0.25, -0.2) is 0 Å². The first-order valence-electron chi connectivity index (χ1n) is 11.9. The quantitative estimate of drug-likeness (QED) is 0.235. The number of nitrogens with one attached hydrogen (secondary N) is 3. The van der Waals surface area contributed by atoms with E-state index in [0.717, 1.165) is 38.9 Å². The average Bonchev–Trinajstić information content (AvgIpc) is 3.61. The van der Waals surface area contributed by atoms with E-state index in [-0.39, 0.29) is 11.8 Å². The molecular weight excluding hydrogens is 466 g/mol. The van der Waals surface area contributed by atoms with Crippen molar-refractivity contribution in [3.8, 4) is 33.0 Å². The Morgan fingerprint density at radius 3 is 2.64 bits per heavy atom. The van der Waals surface area contributed by atoms with Crippen molar-refractivity contribution in [1.82, 2.24) is 20.2 Å². The number of aromatic amines is 2. The largest absolute Gasteiger partial charge is 0.353 e. The molecule has 0 aliphatic rings. The highest BCUT2D eigenvalue weighted by Gasteiger charge is 2.15. The Hall–Kier alpha value is -4.23. The van der Waals surface area contributed by atoms with Crippen LogP contribution >= 0.6 is 11.3 Å². The molecule has 36 heavy (non-hydrogen) atoms. The topological polar surface area (TPSA) is 86.5 Å². The Morgan fingerprint density at radius 1 is 0.944 bits per heavy atom. The van der Waals surface area contributed by atoms with Crippen LogP contribution in [0, 0.1) is 12.8 Å². The van der Waals surface area contributed by atoms with Crippen molar-refractivity contribution in [3.63, 3.8) is 0 Å². The van der Waals surface area contributed by atoms with Gasteiger partial charge in [0.15, 0.2) is 0 Å². The third kappa shape index (κ3) is 3.97. The summed E-state index contributed by atoms with van der Waals surface area (Å²) in [6, 6.07) is 21.0. The molecule has 6 nitrogen and oxygen atoms in total. The van der Waals surface area contributed by atoms with Gasteiger partial charge in [0.2, 0.25) is 5.91 Å². The van der Waals surface area contributed by atoms with Crippen molar-refractivity contribution in [2.75, 3.05) is 5.32 Å². The smallest absolute Gasteiger partial charge is 0.226 e. The third-order valence-corrected chi connectivity index (χ3v) is 7.39. The highest BCUT2D eigenvalue weighted by atomic mass is 32.1. The molecule has 0 unspecified atom stereocenters. The number of thiophene rings is 1. The van der Waals surface area contributed by atoms with E-state index < -0.39 is 0 Å². The summed E-state index contributed by atoms with van der Waals surface area (Å²) in [7, 11) is 0. The summed E-state index contributed by atoms with van der Waals surface area (Å²) in [6.45, 7) is 5.87. The van der Waals surface area contributed by atoms with Gasteiger partial charge in [0.1, 0.15) is 5.69 Å². The van der Waals surface area contributed by atoms with Crippen LogP contribution in [0.5, 0.6) is 0 Å². The fourth-order valence-corrected chi connectivity index (χ4v) is 5.34. The molecule has 0 spiro atoms. The standard InChI is InChI=1S/C29H25N5OS/c1-16(2)29(35)31-20-11-19(14-30-15-20)18-8-9-25-23(12-18)28(34-33-25)26-13-22-21(5-4-6-24(22)32-26)27-10-7-17(3)36-27/h4-16,32H,1-3H3,(H,31,35)(H,33,34). The minimum atomic E-state index is -0.0980. The lowest BCUT2D eigenvalue weighted by atomic mass is 10.0. The van der Waals surface area contributed by atoms with E-state index >= 15 is 0 Å². The first-order valence-corrected chi connectivity index (χ1v) is 12.7. The maximum absolute atomic E-state index is 12.1. The van der Waals surface area contributed by atoms with Gasteiger partial charge in [0.25, 0.3) is 0 Å². The van der Waals surface area contributed by atoms with Crippen LogP contribution in [0.3, 0.4) is 0 Å². The zero-order chi connectivity index (χ0) is 24.8. The molecule has 0 aliphatic heterocycles. The summed E-state index contributed by atoms with van der Waals surface area (Å²) in [4.78, 5) is 22.6. The Kier molecular flexibility index (Phi) is 5.42. The molecule has 2 aromatic carbocycles. The van der Waals surface area contributed by atoms with Crippen LogP contribution in [-0.4, -0.2) is 26.1 Å². The van der Waals surface area contributed by atoms with E-state index in [1.165, 1.54) is 20.7 Å². The first-order chi connectivity index (χ1) is 17.5. The van der Waals surface area contributed by atoms with Crippen LogP contribution in [0.1, 0.15) is 18.7 Å². The number of carbonyl (C=O) groups is 1. The van der Waals surface area contributed by atoms with Crippen LogP contribution in [0.2, 0.25) is 0 Å². The molecule has 178 valence electrons. The molecule has 0 saturated carbocycles. The predicted molar refractivity (Wildman–Crippen MR) is 148 cm³/mol. The SMILES string of the molecule is Cc1ccc(-c2cccc3[nH]c(-c4n[nH]c5ccc(-c6cncc(NC(=O)C(C)C)c6)cc45)cc23)s1. The summed E-state index contributed by atoms with van der Waals surface area (Å²) >= 11 is 1.80. The molecule has 0 aliphatic carbocycles. The monoisotopic (exact) mass is 491 g/mol. The van der Waals surface area contributed by atoms with Gasteiger partial charge in [-0.3, -0.25) is 14.9 Å². The average molecular weight is 492 g/mol. The number of rotatable bonds is 5. The minimum Gasteiger partial charge on any atom is -0.353 e. The van der Waals surface area contributed by atoms with E-state index in [9.17, 15) is 4.79 Å². The normalized spacial score (nSPS) is 11.6. The number of hydrogen-bond donors (Lipinski definition) is 3. The Balaban J connectivity index is 1.41. The van der Waals surface area contributed by atoms with Gasteiger partial charge in [-0.05, 0) is 55.0 Å². The number of fused-ring (bicyclic) bond motifs is 2. The van der Waals surface area contributed by atoms with Crippen molar-refractivity contribution in [3.05, 3.63) is 77.9 Å². The molecule has 6 aromatic rings. The molecule has 0 fully saturated rings. The number of H-pyrrole nitrogens is 2. The van der Waals surface area contributed by atoms with Crippen LogP contribution in [0.25, 0.3) is 54.8 Å². The van der Waals surface area contributed by atoms with E-state index in [2.05, 4.69) is 74.9 Å². The number of pyridine rings is 1. The molecule has 0 saturated heterocycles. The number of aryl methyl sites for hydroxylation is 1. The summed E-state index contributed by atoms with van der Waals surface area (Å²) in [5.74, 6) is -0.128. The summed E-state index contributed by atoms with van der Waals surface area (Å²) in [6.07, 6.45) is 3.48. The zero-order valence-electron chi connectivity index (χ0n) is 20.2. The van der Waals surface area contributed by atoms with Crippen LogP contribution in [0.15, 0.2) is 73.1 Å². The molecule has 3 N–H and O–H groups in total. The second kappa shape index (κ2) is 8.77. The summed E-state index contributed by atoms with van der Waals surface area (Å²) in [5, 5.41) is 13.0. The second-order valence-corrected chi connectivity index (χ2v) is 10.6. The number of nitrogens with zero attached hydrogens (tertiary/aromatic N) is 2. The maximum atomic E-state index is 12.1. The molecular formula is C29H25N5OS. The van der Waals surface area contributed by atoms with Gasteiger partial charge >= 0.3 is 0 Å². The predicted octanol–water partition coefficient (Wildman–Crippen LogP) is 7.40. The Morgan fingerprint density at radius 2 is 1.83 bits per heavy atom. The fourth-order valence-electron chi connectivity index (χ4n) is 4.43. The Bertz CT molecular complexity index is 1740. The fraction of sp³-hybridized carbons (Fsp3) is 0.138.